The molecule has 0 fully saturated rings. The second kappa shape index (κ2) is 8.07. The van der Waals surface area contributed by atoms with Crippen LogP contribution in [0.2, 0.25) is 0 Å². The van der Waals surface area contributed by atoms with E-state index in [1.807, 2.05) is 0 Å². The molecule has 0 saturated heterocycles. The molecule has 0 unspecified atom stereocenters. The molecule has 0 aliphatic rings. The summed E-state index contributed by atoms with van der Waals surface area (Å²) in [5, 5.41) is 0. The Hall–Kier alpha value is -3.09. The van der Waals surface area contributed by atoms with Crippen LogP contribution in [-0.4, -0.2) is 12.6 Å². The van der Waals surface area contributed by atoms with Crippen molar-refractivity contribution in [3.8, 4) is 22.6 Å². The number of rotatable bonds is 6. The zero-order valence-corrected chi connectivity index (χ0v) is 14.7. The summed E-state index contributed by atoms with van der Waals surface area (Å²) in [5.74, 6) is -7.76. The molecular formula is C20H16F4O3. The second-order valence-corrected chi connectivity index (χ2v) is 5.89. The number of hydrogen-bond donors (Lipinski definition) is 0. The Morgan fingerprint density at radius 3 is 1.81 bits per heavy atom. The molecule has 2 rings (SSSR count). The van der Waals surface area contributed by atoms with Crippen molar-refractivity contribution in [1.82, 2.24) is 0 Å². The zero-order valence-electron chi connectivity index (χ0n) is 14.7. The van der Waals surface area contributed by atoms with E-state index in [1.165, 1.54) is 6.92 Å². The van der Waals surface area contributed by atoms with Gasteiger partial charge < -0.3 is 9.47 Å². The van der Waals surface area contributed by atoms with Gasteiger partial charge in [-0.15, -0.1) is 0 Å². The Labute approximate surface area is 153 Å². The molecular weight excluding hydrogens is 364 g/mol. The third-order valence-corrected chi connectivity index (χ3v) is 3.41. The van der Waals surface area contributed by atoms with E-state index in [2.05, 4.69) is 17.9 Å². The van der Waals surface area contributed by atoms with Gasteiger partial charge in [0.1, 0.15) is 6.61 Å². The summed E-state index contributed by atoms with van der Waals surface area (Å²) < 4.78 is 66.7. The molecule has 0 heterocycles. The minimum Gasteiger partial charge on any atom is -0.486 e. The molecule has 0 bridgehead atoms. The predicted molar refractivity (Wildman–Crippen MR) is 92.5 cm³/mol. The average Bonchev–Trinajstić information content (AvgIpc) is 2.60. The Kier molecular flexibility index (Phi) is 6.05. The van der Waals surface area contributed by atoms with Crippen LogP contribution in [0, 0.1) is 23.3 Å². The minimum atomic E-state index is -1.51. The Balaban J connectivity index is 2.42. The van der Waals surface area contributed by atoms with Crippen molar-refractivity contribution >= 4 is 5.97 Å². The van der Waals surface area contributed by atoms with Gasteiger partial charge in [0.25, 0.3) is 0 Å². The molecule has 2 aromatic carbocycles. The fraction of sp³-hybridized carbons (Fsp3) is 0.150. The van der Waals surface area contributed by atoms with Crippen molar-refractivity contribution in [3.63, 3.8) is 0 Å². The SMILES string of the molecule is C=C(C)COc1ccc(-c2ccc(OC(=O)C(=C)C)c(F)c2F)c(F)c1F. The normalized spacial score (nSPS) is 10.4. The number of hydrogen-bond acceptors (Lipinski definition) is 3. The van der Waals surface area contributed by atoms with Gasteiger partial charge in [-0.2, -0.15) is 8.78 Å². The first-order valence-electron chi connectivity index (χ1n) is 7.74. The lowest BCUT2D eigenvalue weighted by molar-refractivity contribution is -0.130. The molecule has 0 amide bonds. The van der Waals surface area contributed by atoms with Crippen LogP contribution in [0.4, 0.5) is 17.6 Å². The highest BCUT2D eigenvalue weighted by Crippen LogP contribution is 2.34. The topological polar surface area (TPSA) is 35.5 Å². The van der Waals surface area contributed by atoms with Crippen molar-refractivity contribution in [2.75, 3.05) is 6.61 Å². The first kappa shape index (κ1) is 20.2. The van der Waals surface area contributed by atoms with Gasteiger partial charge >= 0.3 is 5.97 Å². The molecule has 0 atom stereocenters. The van der Waals surface area contributed by atoms with E-state index in [1.54, 1.807) is 6.92 Å². The van der Waals surface area contributed by atoms with Gasteiger partial charge in [-0.1, -0.05) is 13.2 Å². The lowest BCUT2D eigenvalue weighted by atomic mass is 10.0. The fourth-order valence-electron chi connectivity index (χ4n) is 2.06. The van der Waals surface area contributed by atoms with Crippen molar-refractivity contribution in [3.05, 3.63) is 71.8 Å². The van der Waals surface area contributed by atoms with E-state index in [4.69, 9.17) is 4.74 Å². The highest BCUT2D eigenvalue weighted by Gasteiger charge is 2.22. The predicted octanol–water partition coefficient (Wildman–Crippen LogP) is 5.35. The van der Waals surface area contributed by atoms with Crippen LogP contribution in [0.3, 0.4) is 0 Å². The van der Waals surface area contributed by atoms with Crippen molar-refractivity contribution in [2.24, 2.45) is 0 Å². The summed E-state index contributed by atoms with van der Waals surface area (Å²) >= 11 is 0. The Morgan fingerprint density at radius 1 is 0.852 bits per heavy atom. The maximum Gasteiger partial charge on any atom is 0.338 e. The van der Waals surface area contributed by atoms with Crippen molar-refractivity contribution in [1.29, 1.82) is 0 Å². The van der Waals surface area contributed by atoms with Gasteiger partial charge in [-0.05, 0) is 43.7 Å². The smallest absolute Gasteiger partial charge is 0.338 e. The summed E-state index contributed by atoms with van der Waals surface area (Å²) in [6, 6.07) is 4.08. The lowest BCUT2D eigenvalue weighted by Gasteiger charge is -2.12. The van der Waals surface area contributed by atoms with E-state index >= 15 is 0 Å². The van der Waals surface area contributed by atoms with E-state index in [-0.39, 0.29) is 17.9 Å². The molecule has 0 aromatic heterocycles. The van der Waals surface area contributed by atoms with Gasteiger partial charge in [-0.3, -0.25) is 0 Å². The van der Waals surface area contributed by atoms with E-state index < -0.39 is 46.1 Å². The molecule has 0 radical (unpaired) electrons. The van der Waals surface area contributed by atoms with E-state index in [0.717, 1.165) is 24.3 Å². The van der Waals surface area contributed by atoms with Crippen LogP contribution < -0.4 is 9.47 Å². The zero-order chi connectivity index (χ0) is 20.3. The first-order chi connectivity index (χ1) is 12.6. The van der Waals surface area contributed by atoms with Gasteiger partial charge in [0.05, 0.1) is 0 Å². The average molecular weight is 380 g/mol. The lowest BCUT2D eigenvalue weighted by Crippen LogP contribution is -2.10. The molecule has 2 aromatic rings. The highest BCUT2D eigenvalue weighted by atomic mass is 19.2. The standard InChI is InChI=1S/C20H16F4O3/c1-10(2)9-26-14-7-5-12(16(21)18(14)23)13-6-8-15(19(24)17(13)22)27-20(25)11(3)4/h5-8H,1,3,9H2,2,4H3. The van der Waals surface area contributed by atoms with Gasteiger partial charge in [0, 0.05) is 16.7 Å². The molecule has 0 saturated carbocycles. The largest absolute Gasteiger partial charge is 0.486 e. The molecule has 7 heteroatoms. The molecule has 0 aliphatic carbocycles. The minimum absolute atomic E-state index is 0.0163. The summed E-state index contributed by atoms with van der Waals surface area (Å²) in [6.07, 6.45) is 0. The van der Waals surface area contributed by atoms with Crippen molar-refractivity contribution in [2.45, 2.75) is 13.8 Å². The molecule has 0 spiro atoms. The number of esters is 1. The van der Waals surface area contributed by atoms with Crippen LogP contribution in [0.25, 0.3) is 11.1 Å². The fourth-order valence-corrected chi connectivity index (χ4v) is 2.06. The quantitative estimate of drug-likeness (QED) is 0.223. The summed E-state index contributed by atoms with van der Waals surface area (Å²) in [5.41, 5.74) is -0.473. The van der Waals surface area contributed by atoms with Crippen LogP contribution in [0.15, 0.2) is 48.6 Å². The summed E-state index contributed by atoms with van der Waals surface area (Å²) in [7, 11) is 0. The summed E-state index contributed by atoms with van der Waals surface area (Å²) in [4.78, 5) is 11.4. The summed E-state index contributed by atoms with van der Waals surface area (Å²) in [6.45, 7) is 9.85. The van der Waals surface area contributed by atoms with Gasteiger partial charge in [-0.25, -0.2) is 13.6 Å². The number of benzene rings is 2. The number of carbonyl (C=O) groups excluding carboxylic acids is 1. The molecule has 27 heavy (non-hydrogen) atoms. The third-order valence-electron chi connectivity index (χ3n) is 3.41. The van der Waals surface area contributed by atoms with Crippen LogP contribution in [-0.2, 0) is 4.79 Å². The molecule has 142 valence electrons. The van der Waals surface area contributed by atoms with Crippen LogP contribution in [0.5, 0.6) is 11.5 Å². The third kappa shape index (κ3) is 4.36. The van der Waals surface area contributed by atoms with Gasteiger partial charge in [0.2, 0.25) is 11.6 Å². The molecule has 3 nitrogen and oxygen atoms in total. The monoisotopic (exact) mass is 380 g/mol. The van der Waals surface area contributed by atoms with E-state index in [9.17, 15) is 22.4 Å². The first-order valence-corrected chi connectivity index (χ1v) is 7.74. The second-order valence-electron chi connectivity index (χ2n) is 5.89. The Morgan fingerprint density at radius 2 is 1.33 bits per heavy atom. The number of halogens is 4. The molecule has 0 N–H and O–H groups in total. The Bertz CT molecular complexity index is 935. The molecule has 0 aliphatic heterocycles. The number of ether oxygens (including phenoxy) is 2. The van der Waals surface area contributed by atoms with E-state index in [0.29, 0.717) is 5.57 Å². The number of carbonyl (C=O) groups is 1. The maximum absolute atomic E-state index is 14.3. The van der Waals surface area contributed by atoms with Gasteiger partial charge in [0.15, 0.2) is 23.1 Å². The maximum atomic E-state index is 14.3. The highest BCUT2D eigenvalue weighted by molar-refractivity contribution is 5.88. The van der Waals surface area contributed by atoms with Crippen LogP contribution in [0.1, 0.15) is 13.8 Å². The van der Waals surface area contributed by atoms with Crippen molar-refractivity contribution < 1.29 is 31.8 Å². The van der Waals surface area contributed by atoms with Crippen LogP contribution >= 0.6 is 0 Å².